The SMILES string of the molecule is CCC(C)CNCC(CNC(=O)OC(C)(C)C)C(C)C. The van der Waals surface area contributed by atoms with Gasteiger partial charge in [-0.05, 0) is 51.6 Å². The first-order valence-corrected chi connectivity index (χ1v) is 7.83. The zero-order valence-corrected chi connectivity index (χ0v) is 14.4. The Morgan fingerprint density at radius 1 is 1.10 bits per heavy atom. The van der Waals surface area contributed by atoms with Crippen molar-refractivity contribution in [1.29, 1.82) is 0 Å². The average molecular weight is 286 g/mol. The predicted octanol–water partition coefficient (Wildman–Crippen LogP) is 3.42. The standard InChI is InChI=1S/C16H34N2O2/c1-8-13(4)9-17-10-14(12(2)3)11-18-15(19)20-16(5,6)7/h12-14,17H,8-11H2,1-7H3,(H,18,19). The Bertz CT molecular complexity index is 272. The summed E-state index contributed by atoms with van der Waals surface area (Å²) in [5.41, 5.74) is -0.438. The second kappa shape index (κ2) is 9.22. The number of carbonyl (C=O) groups is 1. The normalized spacial score (nSPS) is 15.0. The first-order valence-electron chi connectivity index (χ1n) is 7.83. The molecule has 4 heteroatoms. The van der Waals surface area contributed by atoms with E-state index in [4.69, 9.17) is 4.74 Å². The van der Waals surface area contributed by atoms with Crippen LogP contribution in [0.25, 0.3) is 0 Å². The van der Waals surface area contributed by atoms with Gasteiger partial charge in [-0.2, -0.15) is 0 Å². The van der Waals surface area contributed by atoms with Crippen molar-refractivity contribution in [2.45, 2.75) is 60.5 Å². The number of rotatable bonds is 8. The first-order chi connectivity index (χ1) is 9.15. The van der Waals surface area contributed by atoms with Crippen molar-refractivity contribution in [3.8, 4) is 0 Å². The number of carbonyl (C=O) groups excluding carboxylic acids is 1. The maximum absolute atomic E-state index is 11.7. The van der Waals surface area contributed by atoms with Gasteiger partial charge in [-0.1, -0.05) is 34.1 Å². The zero-order chi connectivity index (χ0) is 15.8. The van der Waals surface area contributed by atoms with Crippen molar-refractivity contribution in [2.75, 3.05) is 19.6 Å². The van der Waals surface area contributed by atoms with Crippen LogP contribution in [0.2, 0.25) is 0 Å². The number of alkyl carbamates (subject to hydrolysis) is 1. The molecule has 0 heterocycles. The van der Waals surface area contributed by atoms with E-state index in [-0.39, 0.29) is 6.09 Å². The third kappa shape index (κ3) is 10.1. The molecule has 0 fully saturated rings. The van der Waals surface area contributed by atoms with Gasteiger partial charge in [0, 0.05) is 6.54 Å². The fourth-order valence-corrected chi connectivity index (χ4v) is 1.73. The Balaban J connectivity index is 4.06. The van der Waals surface area contributed by atoms with E-state index in [1.807, 2.05) is 20.8 Å². The van der Waals surface area contributed by atoms with Gasteiger partial charge in [0.2, 0.25) is 0 Å². The van der Waals surface area contributed by atoms with Crippen LogP contribution in [0.3, 0.4) is 0 Å². The molecule has 120 valence electrons. The Morgan fingerprint density at radius 3 is 2.15 bits per heavy atom. The van der Waals surface area contributed by atoms with Gasteiger partial charge in [0.1, 0.15) is 5.60 Å². The summed E-state index contributed by atoms with van der Waals surface area (Å²) in [5.74, 6) is 1.64. The molecule has 0 radical (unpaired) electrons. The van der Waals surface area contributed by atoms with Crippen molar-refractivity contribution in [1.82, 2.24) is 10.6 Å². The molecule has 2 unspecified atom stereocenters. The quantitative estimate of drug-likeness (QED) is 0.719. The van der Waals surface area contributed by atoms with Gasteiger partial charge in [-0.25, -0.2) is 4.79 Å². The monoisotopic (exact) mass is 286 g/mol. The van der Waals surface area contributed by atoms with Gasteiger partial charge >= 0.3 is 6.09 Å². The number of hydrogen-bond acceptors (Lipinski definition) is 3. The Kier molecular flexibility index (Phi) is 8.86. The first kappa shape index (κ1) is 19.2. The van der Waals surface area contributed by atoms with Gasteiger partial charge in [-0.15, -0.1) is 0 Å². The van der Waals surface area contributed by atoms with Gasteiger partial charge < -0.3 is 15.4 Å². The van der Waals surface area contributed by atoms with Gasteiger partial charge in [-0.3, -0.25) is 0 Å². The van der Waals surface area contributed by atoms with Crippen LogP contribution >= 0.6 is 0 Å². The maximum atomic E-state index is 11.7. The van der Waals surface area contributed by atoms with Crippen molar-refractivity contribution in [2.24, 2.45) is 17.8 Å². The second-order valence-corrected chi connectivity index (χ2v) is 7.06. The highest BCUT2D eigenvalue weighted by atomic mass is 16.6. The maximum Gasteiger partial charge on any atom is 0.407 e. The van der Waals surface area contributed by atoms with E-state index < -0.39 is 5.60 Å². The molecule has 0 aromatic rings. The van der Waals surface area contributed by atoms with Gasteiger partial charge in [0.25, 0.3) is 0 Å². The van der Waals surface area contributed by atoms with Crippen molar-refractivity contribution in [3.05, 3.63) is 0 Å². The lowest BCUT2D eigenvalue weighted by atomic mass is 9.95. The smallest absolute Gasteiger partial charge is 0.407 e. The molecule has 0 saturated heterocycles. The molecule has 2 atom stereocenters. The molecular formula is C16H34N2O2. The Labute approximate surface area is 125 Å². The summed E-state index contributed by atoms with van der Waals surface area (Å²) in [6, 6.07) is 0. The van der Waals surface area contributed by atoms with Crippen LogP contribution in [0.1, 0.15) is 54.9 Å². The zero-order valence-electron chi connectivity index (χ0n) is 14.4. The molecule has 0 rings (SSSR count). The highest BCUT2D eigenvalue weighted by Gasteiger charge is 2.19. The molecule has 0 aromatic heterocycles. The summed E-state index contributed by atoms with van der Waals surface area (Å²) in [7, 11) is 0. The largest absolute Gasteiger partial charge is 0.444 e. The fourth-order valence-electron chi connectivity index (χ4n) is 1.73. The molecule has 1 amide bonds. The van der Waals surface area contributed by atoms with Crippen LogP contribution in [-0.4, -0.2) is 31.3 Å². The molecule has 2 N–H and O–H groups in total. The van der Waals surface area contributed by atoms with Crippen LogP contribution in [-0.2, 0) is 4.74 Å². The lowest BCUT2D eigenvalue weighted by Crippen LogP contribution is -2.40. The van der Waals surface area contributed by atoms with Crippen LogP contribution in [0, 0.1) is 17.8 Å². The minimum atomic E-state index is -0.438. The third-order valence-electron chi connectivity index (χ3n) is 3.45. The van der Waals surface area contributed by atoms with E-state index in [1.54, 1.807) is 0 Å². The number of ether oxygens (including phenoxy) is 1. The molecule has 0 aliphatic heterocycles. The van der Waals surface area contributed by atoms with Crippen LogP contribution in [0.5, 0.6) is 0 Å². The lowest BCUT2D eigenvalue weighted by molar-refractivity contribution is 0.0514. The summed E-state index contributed by atoms with van der Waals surface area (Å²) in [5, 5.41) is 6.37. The van der Waals surface area contributed by atoms with E-state index >= 15 is 0 Å². The second-order valence-electron chi connectivity index (χ2n) is 7.06. The molecule has 0 aliphatic carbocycles. The third-order valence-corrected chi connectivity index (χ3v) is 3.45. The summed E-state index contributed by atoms with van der Waals surface area (Å²) in [6.45, 7) is 17.1. The molecular weight excluding hydrogens is 252 g/mol. The fraction of sp³-hybridized carbons (Fsp3) is 0.938. The summed E-state index contributed by atoms with van der Waals surface area (Å²) in [6.07, 6.45) is 0.861. The average Bonchev–Trinajstić information content (AvgIpc) is 2.30. The van der Waals surface area contributed by atoms with E-state index in [9.17, 15) is 4.79 Å². The van der Waals surface area contributed by atoms with Crippen LogP contribution in [0.4, 0.5) is 4.79 Å². The van der Waals surface area contributed by atoms with E-state index in [0.717, 1.165) is 13.1 Å². The van der Waals surface area contributed by atoms with Crippen molar-refractivity contribution in [3.63, 3.8) is 0 Å². The number of nitrogens with one attached hydrogen (secondary N) is 2. The van der Waals surface area contributed by atoms with Crippen LogP contribution < -0.4 is 10.6 Å². The molecule has 0 aromatic carbocycles. The van der Waals surface area contributed by atoms with Crippen molar-refractivity contribution >= 4 is 6.09 Å². The molecule has 0 aliphatic rings. The summed E-state index contributed by atoms with van der Waals surface area (Å²) < 4.78 is 5.26. The molecule has 0 bridgehead atoms. The topological polar surface area (TPSA) is 50.4 Å². The minimum absolute atomic E-state index is 0.329. The highest BCUT2D eigenvalue weighted by Crippen LogP contribution is 2.10. The van der Waals surface area contributed by atoms with Gasteiger partial charge in [0.15, 0.2) is 0 Å². The van der Waals surface area contributed by atoms with E-state index in [1.165, 1.54) is 6.42 Å². The van der Waals surface area contributed by atoms with Gasteiger partial charge in [0.05, 0.1) is 0 Å². The molecule has 0 saturated carbocycles. The minimum Gasteiger partial charge on any atom is -0.444 e. The highest BCUT2D eigenvalue weighted by molar-refractivity contribution is 5.67. The lowest BCUT2D eigenvalue weighted by Gasteiger charge is -2.24. The van der Waals surface area contributed by atoms with E-state index in [2.05, 4.69) is 38.3 Å². The predicted molar refractivity (Wildman–Crippen MR) is 84.9 cm³/mol. The summed E-state index contributed by atoms with van der Waals surface area (Å²) in [4.78, 5) is 11.7. The molecule has 4 nitrogen and oxygen atoms in total. The molecule has 0 spiro atoms. The van der Waals surface area contributed by atoms with E-state index in [0.29, 0.717) is 24.3 Å². The number of amides is 1. The Morgan fingerprint density at radius 2 is 1.70 bits per heavy atom. The number of hydrogen-bond donors (Lipinski definition) is 2. The molecule has 20 heavy (non-hydrogen) atoms. The Hall–Kier alpha value is -0.770. The van der Waals surface area contributed by atoms with Crippen LogP contribution in [0.15, 0.2) is 0 Å². The summed E-state index contributed by atoms with van der Waals surface area (Å²) >= 11 is 0. The van der Waals surface area contributed by atoms with Crippen molar-refractivity contribution < 1.29 is 9.53 Å².